The van der Waals surface area contributed by atoms with Crippen LogP contribution in [0.1, 0.15) is 26.8 Å². The average molecular weight is 341 g/mol. The van der Waals surface area contributed by atoms with Crippen molar-refractivity contribution in [3.05, 3.63) is 38.5 Å². The van der Waals surface area contributed by atoms with Crippen LogP contribution in [0, 0.1) is 6.92 Å². The molecule has 2 heterocycles. The van der Waals surface area contributed by atoms with Gasteiger partial charge in [-0.3, -0.25) is 20.4 Å². The van der Waals surface area contributed by atoms with Gasteiger partial charge >= 0.3 is 0 Å². The molecule has 8 heteroatoms. The average Bonchev–Trinajstić information content (AvgIpc) is 3.12. The number of hydrogen-bond donors (Lipinski definition) is 2. The molecule has 0 fully saturated rings. The van der Waals surface area contributed by atoms with Crippen molar-refractivity contribution < 1.29 is 9.59 Å². The Morgan fingerprint density at radius 1 is 1.33 bits per heavy atom. The maximum atomic E-state index is 11.6. The standard InChI is InChI=1S/C13H15N3O2S3/c1-9-14-10(8-21-9)7-19-6-4-12(17)15-16-13(18)11-3-2-5-20-11/h2-3,5,8H,4,6-7H2,1H3,(H,15,17)(H,16,18). The molecule has 0 atom stereocenters. The lowest BCUT2D eigenvalue weighted by Gasteiger charge is -2.05. The molecule has 2 N–H and O–H groups in total. The Hall–Kier alpha value is -1.38. The number of hydrogen-bond acceptors (Lipinski definition) is 6. The fourth-order valence-electron chi connectivity index (χ4n) is 1.47. The van der Waals surface area contributed by atoms with E-state index < -0.39 is 0 Å². The van der Waals surface area contributed by atoms with E-state index >= 15 is 0 Å². The van der Waals surface area contributed by atoms with Crippen molar-refractivity contribution in [2.24, 2.45) is 0 Å². The van der Waals surface area contributed by atoms with Gasteiger partial charge in [0.25, 0.3) is 5.91 Å². The quantitative estimate of drug-likeness (QED) is 0.626. The third kappa shape index (κ3) is 5.49. The molecule has 0 aromatic carbocycles. The third-order valence-electron chi connectivity index (χ3n) is 2.45. The molecule has 0 saturated heterocycles. The number of thiophene rings is 1. The number of thioether (sulfide) groups is 1. The second kappa shape index (κ2) is 8.16. The molecule has 0 bridgehead atoms. The highest BCUT2D eigenvalue weighted by Gasteiger charge is 2.08. The molecule has 0 aliphatic heterocycles. The highest BCUT2D eigenvalue weighted by molar-refractivity contribution is 7.98. The van der Waals surface area contributed by atoms with Crippen molar-refractivity contribution in [3.63, 3.8) is 0 Å². The van der Waals surface area contributed by atoms with Crippen molar-refractivity contribution >= 4 is 46.2 Å². The van der Waals surface area contributed by atoms with Crippen molar-refractivity contribution in [2.45, 2.75) is 19.1 Å². The SMILES string of the molecule is Cc1nc(CSCCC(=O)NNC(=O)c2cccs2)cs1. The van der Waals surface area contributed by atoms with E-state index in [1.165, 1.54) is 11.3 Å². The van der Waals surface area contributed by atoms with Crippen molar-refractivity contribution in [2.75, 3.05) is 5.75 Å². The van der Waals surface area contributed by atoms with Crippen LogP contribution in [0.15, 0.2) is 22.9 Å². The fourth-order valence-corrected chi connectivity index (χ4v) is 3.64. The summed E-state index contributed by atoms with van der Waals surface area (Å²) in [4.78, 5) is 28.1. The summed E-state index contributed by atoms with van der Waals surface area (Å²) >= 11 is 4.61. The molecular formula is C13H15N3O2S3. The van der Waals surface area contributed by atoms with Crippen LogP contribution >= 0.6 is 34.4 Å². The monoisotopic (exact) mass is 341 g/mol. The number of rotatable bonds is 6. The number of amides is 2. The van der Waals surface area contributed by atoms with Gasteiger partial charge in [-0.2, -0.15) is 11.8 Å². The van der Waals surface area contributed by atoms with Crippen LogP contribution in [0.4, 0.5) is 0 Å². The van der Waals surface area contributed by atoms with Gasteiger partial charge in [0, 0.05) is 23.3 Å². The minimum atomic E-state index is -0.288. The van der Waals surface area contributed by atoms with E-state index in [1.807, 2.05) is 17.7 Å². The number of aromatic nitrogens is 1. The minimum Gasteiger partial charge on any atom is -0.273 e. The molecule has 112 valence electrons. The van der Waals surface area contributed by atoms with E-state index in [2.05, 4.69) is 15.8 Å². The van der Waals surface area contributed by atoms with E-state index in [1.54, 1.807) is 35.2 Å². The largest absolute Gasteiger partial charge is 0.279 e. The number of nitrogens with zero attached hydrogens (tertiary/aromatic N) is 1. The summed E-state index contributed by atoms with van der Waals surface area (Å²) in [6, 6.07) is 3.50. The molecule has 0 aliphatic carbocycles. The molecule has 0 radical (unpaired) electrons. The van der Waals surface area contributed by atoms with E-state index in [0.29, 0.717) is 17.1 Å². The lowest BCUT2D eigenvalue weighted by Crippen LogP contribution is -2.41. The van der Waals surface area contributed by atoms with Crippen LogP contribution in [0.5, 0.6) is 0 Å². The molecule has 5 nitrogen and oxygen atoms in total. The first-order valence-electron chi connectivity index (χ1n) is 6.26. The van der Waals surface area contributed by atoms with Gasteiger partial charge in [0.1, 0.15) is 0 Å². The molecule has 0 saturated carbocycles. The van der Waals surface area contributed by atoms with Crippen LogP contribution in [-0.2, 0) is 10.5 Å². The summed E-state index contributed by atoms with van der Waals surface area (Å²) in [7, 11) is 0. The first kappa shape index (κ1) is 16.0. The smallest absolute Gasteiger partial charge is 0.273 e. The van der Waals surface area contributed by atoms with Gasteiger partial charge in [-0.25, -0.2) is 4.98 Å². The van der Waals surface area contributed by atoms with E-state index in [-0.39, 0.29) is 11.8 Å². The summed E-state index contributed by atoms with van der Waals surface area (Å²) in [5.74, 6) is 1.02. The number of aryl methyl sites for hydroxylation is 1. The summed E-state index contributed by atoms with van der Waals surface area (Å²) in [5, 5.41) is 4.90. The normalized spacial score (nSPS) is 10.3. The van der Waals surface area contributed by atoms with Crippen LogP contribution in [0.25, 0.3) is 0 Å². The molecule has 21 heavy (non-hydrogen) atoms. The second-order valence-electron chi connectivity index (χ2n) is 4.14. The first-order valence-corrected chi connectivity index (χ1v) is 9.18. The highest BCUT2D eigenvalue weighted by Crippen LogP contribution is 2.15. The van der Waals surface area contributed by atoms with Crippen molar-refractivity contribution in [1.29, 1.82) is 0 Å². The van der Waals surface area contributed by atoms with Crippen molar-refractivity contribution in [3.8, 4) is 0 Å². The molecule has 2 rings (SSSR count). The van der Waals surface area contributed by atoms with E-state index in [9.17, 15) is 9.59 Å². The number of thiazole rings is 1. The minimum absolute atomic E-state index is 0.193. The predicted molar refractivity (Wildman–Crippen MR) is 87.6 cm³/mol. The highest BCUT2D eigenvalue weighted by atomic mass is 32.2. The molecule has 2 aromatic rings. The Morgan fingerprint density at radius 2 is 2.19 bits per heavy atom. The van der Waals surface area contributed by atoms with Crippen LogP contribution in [0.3, 0.4) is 0 Å². The maximum Gasteiger partial charge on any atom is 0.279 e. The van der Waals surface area contributed by atoms with Crippen LogP contribution < -0.4 is 10.9 Å². The van der Waals surface area contributed by atoms with Crippen LogP contribution in [0.2, 0.25) is 0 Å². The topological polar surface area (TPSA) is 71.1 Å². The Balaban J connectivity index is 1.58. The number of nitrogens with one attached hydrogen (secondary N) is 2. The zero-order chi connectivity index (χ0) is 15.1. The van der Waals surface area contributed by atoms with Gasteiger partial charge < -0.3 is 0 Å². The molecule has 2 amide bonds. The third-order valence-corrected chi connectivity index (χ3v) is 5.13. The number of hydrazine groups is 1. The van der Waals surface area contributed by atoms with E-state index in [0.717, 1.165) is 16.5 Å². The maximum absolute atomic E-state index is 11.6. The molecular weight excluding hydrogens is 326 g/mol. The summed E-state index contributed by atoms with van der Waals surface area (Å²) in [6.45, 7) is 1.97. The van der Waals surface area contributed by atoms with Crippen LogP contribution in [-0.4, -0.2) is 22.6 Å². The summed E-state index contributed by atoms with van der Waals surface area (Å²) in [5.41, 5.74) is 5.86. The Kier molecular flexibility index (Phi) is 6.21. The van der Waals surface area contributed by atoms with Gasteiger partial charge in [-0.15, -0.1) is 22.7 Å². The van der Waals surface area contributed by atoms with E-state index in [4.69, 9.17) is 0 Å². The lowest BCUT2D eigenvalue weighted by molar-refractivity contribution is -0.121. The Morgan fingerprint density at radius 3 is 2.86 bits per heavy atom. The first-order chi connectivity index (χ1) is 10.1. The van der Waals surface area contributed by atoms with Crippen molar-refractivity contribution in [1.82, 2.24) is 15.8 Å². The lowest BCUT2D eigenvalue weighted by atomic mass is 10.4. The number of carbonyl (C=O) groups excluding carboxylic acids is 2. The van der Waals surface area contributed by atoms with Gasteiger partial charge in [-0.05, 0) is 18.4 Å². The van der Waals surface area contributed by atoms with Gasteiger partial charge in [0.15, 0.2) is 0 Å². The van der Waals surface area contributed by atoms with Gasteiger partial charge in [0.2, 0.25) is 5.91 Å². The fraction of sp³-hybridized carbons (Fsp3) is 0.308. The molecule has 0 spiro atoms. The summed E-state index contributed by atoms with van der Waals surface area (Å²) < 4.78 is 0. The Labute approximate surface area is 135 Å². The Bertz CT molecular complexity index is 596. The zero-order valence-electron chi connectivity index (χ0n) is 11.4. The molecule has 0 aliphatic rings. The zero-order valence-corrected chi connectivity index (χ0v) is 13.9. The van der Waals surface area contributed by atoms with Gasteiger partial charge in [-0.1, -0.05) is 6.07 Å². The number of carbonyl (C=O) groups is 2. The second-order valence-corrected chi connectivity index (χ2v) is 7.26. The molecule has 0 unspecified atom stereocenters. The van der Waals surface area contributed by atoms with Gasteiger partial charge in [0.05, 0.1) is 15.6 Å². The molecule has 2 aromatic heterocycles. The predicted octanol–water partition coefficient (Wildman–Crippen LogP) is 2.60. The summed E-state index contributed by atoms with van der Waals surface area (Å²) in [6.07, 6.45) is 0.360.